The maximum Gasteiger partial charge on any atom is 0.307 e. The Bertz CT molecular complexity index is 323. The molecule has 74 valence electrons. The first-order chi connectivity index (χ1) is 6.81. The number of rotatable bonds is 2. The number of ether oxygens (including phenoxy) is 1. The average Bonchev–Trinajstić information content (AvgIpc) is 2.61. The van der Waals surface area contributed by atoms with Gasteiger partial charge in [0.15, 0.2) is 0 Å². The van der Waals surface area contributed by atoms with Gasteiger partial charge in [0.2, 0.25) is 0 Å². The smallest absolute Gasteiger partial charge is 0.307 e. The van der Waals surface area contributed by atoms with E-state index in [1.165, 1.54) is 0 Å². The van der Waals surface area contributed by atoms with E-state index in [2.05, 4.69) is 0 Å². The first-order valence-electron chi connectivity index (χ1n) is 4.58. The van der Waals surface area contributed by atoms with Crippen molar-refractivity contribution < 1.29 is 9.53 Å². The van der Waals surface area contributed by atoms with Gasteiger partial charge in [-0.2, -0.15) is 11.8 Å². The zero-order valence-corrected chi connectivity index (χ0v) is 8.79. The van der Waals surface area contributed by atoms with Gasteiger partial charge in [-0.05, 0) is 11.8 Å². The van der Waals surface area contributed by atoms with Gasteiger partial charge >= 0.3 is 5.97 Å². The third-order valence-electron chi connectivity index (χ3n) is 2.39. The van der Waals surface area contributed by atoms with Gasteiger partial charge in [0.1, 0.15) is 6.10 Å². The lowest BCUT2D eigenvalue weighted by molar-refractivity contribution is -0.141. The van der Waals surface area contributed by atoms with Gasteiger partial charge < -0.3 is 4.74 Å². The topological polar surface area (TPSA) is 26.3 Å². The average molecular weight is 208 g/mol. The second-order valence-corrected chi connectivity index (χ2v) is 4.38. The molecule has 1 aliphatic rings. The van der Waals surface area contributed by atoms with Crippen LogP contribution in [0.4, 0.5) is 0 Å². The minimum Gasteiger partial charge on any atom is -0.456 e. The zero-order valence-electron chi connectivity index (χ0n) is 7.97. The van der Waals surface area contributed by atoms with E-state index in [1.807, 2.05) is 36.6 Å². The summed E-state index contributed by atoms with van der Waals surface area (Å²) in [4.78, 5) is 11.2. The van der Waals surface area contributed by atoms with Crippen molar-refractivity contribution in [2.75, 3.05) is 6.26 Å². The van der Waals surface area contributed by atoms with Crippen molar-refractivity contribution in [3.8, 4) is 0 Å². The predicted octanol–water partition coefficient (Wildman–Crippen LogP) is 2.41. The molecule has 0 aromatic heterocycles. The molecule has 1 aliphatic heterocycles. The SMILES string of the molecule is CS[C@@H]1CC(=O)O[C@H]1c1ccccc1. The molecule has 0 spiro atoms. The van der Waals surface area contributed by atoms with Gasteiger partial charge in [-0.1, -0.05) is 30.3 Å². The fourth-order valence-electron chi connectivity index (χ4n) is 1.67. The molecule has 0 amide bonds. The second kappa shape index (κ2) is 4.05. The summed E-state index contributed by atoms with van der Waals surface area (Å²) in [6.45, 7) is 0. The summed E-state index contributed by atoms with van der Waals surface area (Å²) in [5.74, 6) is -0.0850. The number of hydrogen-bond acceptors (Lipinski definition) is 3. The summed E-state index contributed by atoms with van der Waals surface area (Å²) < 4.78 is 5.29. The van der Waals surface area contributed by atoms with Crippen molar-refractivity contribution in [2.45, 2.75) is 17.8 Å². The molecule has 1 heterocycles. The Morgan fingerprint density at radius 3 is 2.71 bits per heavy atom. The maximum atomic E-state index is 11.2. The molecule has 0 N–H and O–H groups in total. The zero-order chi connectivity index (χ0) is 9.97. The Morgan fingerprint density at radius 1 is 1.36 bits per heavy atom. The van der Waals surface area contributed by atoms with Crippen molar-refractivity contribution >= 4 is 17.7 Å². The summed E-state index contributed by atoms with van der Waals surface area (Å²) in [7, 11) is 0. The van der Waals surface area contributed by atoms with E-state index in [0.717, 1.165) is 5.56 Å². The number of carbonyl (C=O) groups is 1. The van der Waals surface area contributed by atoms with Gasteiger partial charge in [0, 0.05) is 0 Å². The summed E-state index contributed by atoms with van der Waals surface area (Å²) >= 11 is 1.69. The molecular weight excluding hydrogens is 196 g/mol. The number of hydrogen-bond donors (Lipinski definition) is 0. The molecule has 2 atom stereocenters. The molecule has 0 aliphatic carbocycles. The van der Waals surface area contributed by atoms with Gasteiger partial charge in [-0.25, -0.2) is 0 Å². The lowest BCUT2D eigenvalue weighted by Crippen LogP contribution is -2.08. The third-order valence-corrected chi connectivity index (χ3v) is 3.41. The van der Waals surface area contributed by atoms with Crippen LogP contribution in [0.3, 0.4) is 0 Å². The molecule has 3 heteroatoms. The lowest BCUT2D eigenvalue weighted by atomic mass is 10.1. The molecule has 0 bridgehead atoms. The Balaban J connectivity index is 2.22. The fourth-order valence-corrected chi connectivity index (χ4v) is 2.43. The molecule has 1 aromatic rings. The van der Waals surface area contributed by atoms with E-state index in [1.54, 1.807) is 11.8 Å². The van der Waals surface area contributed by atoms with Crippen molar-refractivity contribution in [1.82, 2.24) is 0 Å². The van der Waals surface area contributed by atoms with Crippen LogP contribution in [0.1, 0.15) is 18.1 Å². The molecule has 2 rings (SSSR count). The largest absolute Gasteiger partial charge is 0.456 e. The highest BCUT2D eigenvalue weighted by molar-refractivity contribution is 7.99. The minimum atomic E-state index is -0.0850. The van der Waals surface area contributed by atoms with Crippen LogP contribution < -0.4 is 0 Å². The molecule has 0 radical (unpaired) electrons. The van der Waals surface area contributed by atoms with Crippen molar-refractivity contribution in [1.29, 1.82) is 0 Å². The maximum absolute atomic E-state index is 11.2. The normalized spacial score (nSPS) is 26.2. The molecule has 1 saturated heterocycles. The van der Waals surface area contributed by atoms with Crippen molar-refractivity contribution in [3.63, 3.8) is 0 Å². The van der Waals surface area contributed by atoms with E-state index in [0.29, 0.717) is 6.42 Å². The van der Waals surface area contributed by atoms with E-state index < -0.39 is 0 Å². The van der Waals surface area contributed by atoms with Gasteiger partial charge in [-0.3, -0.25) is 4.79 Å². The number of thioether (sulfide) groups is 1. The highest BCUT2D eigenvalue weighted by atomic mass is 32.2. The first-order valence-corrected chi connectivity index (χ1v) is 5.87. The minimum absolute atomic E-state index is 0.0568. The summed E-state index contributed by atoms with van der Waals surface area (Å²) in [5, 5.41) is 0.268. The van der Waals surface area contributed by atoms with Crippen molar-refractivity contribution in [2.24, 2.45) is 0 Å². The number of esters is 1. The van der Waals surface area contributed by atoms with Crippen LogP contribution in [0, 0.1) is 0 Å². The Hall–Kier alpha value is -0.960. The molecule has 2 nitrogen and oxygen atoms in total. The molecule has 0 unspecified atom stereocenters. The van der Waals surface area contributed by atoms with Gasteiger partial charge in [0.05, 0.1) is 11.7 Å². The molecule has 0 saturated carbocycles. The second-order valence-electron chi connectivity index (χ2n) is 3.30. The monoisotopic (exact) mass is 208 g/mol. The fraction of sp³-hybridized carbons (Fsp3) is 0.364. The molecule has 1 aromatic carbocycles. The van der Waals surface area contributed by atoms with Crippen LogP contribution in [0.5, 0.6) is 0 Å². The lowest BCUT2D eigenvalue weighted by Gasteiger charge is -2.15. The van der Waals surface area contributed by atoms with E-state index in [-0.39, 0.29) is 17.3 Å². The van der Waals surface area contributed by atoms with Crippen LogP contribution in [0.15, 0.2) is 30.3 Å². The molecule has 1 fully saturated rings. The number of carbonyl (C=O) groups excluding carboxylic acids is 1. The third kappa shape index (κ3) is 1.77. The van der Waals surface area contributed by atoms with E-state index >= 15 is 0 Å². The first kappa shape index (κ1) is 9.59. The van der Waals surface area contributed by atoms with Gasteiger partial charge in [0.25, 0.3) is 0 Å². The Morgan fingerprint density at radius 2 is 2.07 bits per heavy atom. The Labute approximate surface area is 87.6 Å². The standard InChI is InChI=1S/C11H12O2S/c1-14-9-7-10(12)13-11(9)8-5-3-2-4-6-8/h2-6,9,11H,7H2,1H3/t9-,11+/m1/s1. The highest BCUT2D eigenvalue weighted by Crippen LogP contribution is 2.36. The van der Waals surface area contributed by atoms with Crippen LogP contribution in [-0.2, 0) is 9.53 Å². The number of cyclic esters (lactones) is 1. The Kier molecular flexibility index (Phi) is 2.77. The predicted molar refractivity (Wildman–Crippen MR) is 57.2 cm³/mol. The van der Waals surface area contributed by atoms with E-state index in [9.17, 15) is 4.79 Å². The van der Waals surface area contributed by atoms with Crippen LogP contribution in [0.25, 0.3) is 0 Å². The van der Waals surface area contributed by atoms with E-state index in [4.69, 9.17) is 4.74 Å². The summed E-state index contributed by atoms with van der Waals surface area (Å²) in [6, 6.07) is 9.92. The van der Waals surface area contributed by atoms with Crippen molar-refractivity contribution in [3.05, 3.63) is 35.9 Å². The summed E-state index contributed by atoms with van der Waals surface area (Å²) in [6.07, 6.45) is 2.49. The molecule has 14 heavy (non-hydrogen) atoms. The van der Waals surface area contributed by atoms with Crippen LogP contribution in [0.2, 0.25) is 0 Å². The highest BCUT2D eigenvalue weighted by Gasteiger charge is 2.34. The summed E-state index contributed by atoms with van der Waals surface area (Å²) in [5.41, 5.74) is 1.10. The van der Waals surface area contributed by atoms with Crippen LogP contribution >= 0.6 is 11.8 Å². The number of benzene rings is 1. The van der Waals surface area contributed by atoms with Gasteiger partial charge in [-0.15, -0.1) is 0 Å². The quantitative estimate of drug-likeness (QED) is 0.698. The van der Waals surface area contributed by atoms with Crippen LogP contribution in [-0.4, -0.2) is 17.5 Å². The molecular formula is C11H12O2S.